The highest BCUT2D eigenvalue weighted by Crippen LogP contribution is 2.30. The number of guanidine groups is 1. The second kappa shape index (κ2) is 11.7. The Kier molecular flexibility index (Phi) is 11.3. The standard InChI is InChI=1S/C17H29N3O2S.HI/c1-12-8-15(21-5)16(22-6)9-14(12)11-20(4)17(18-3)19-10-13(2)23-7;/h8-9,13H,10-11H2,1-7H3,(H,18,19);1H. The van der Waals surface area contributed by atoms with Crippen LogP contribution in [0, 0.1) is 6.92 Å². The van der Waals surface area contributed by atoms with Gasteiger partial charge in [0.2, 0.25) is 0 Å². The van der Waals surface area contributed by atoms with E-state index >= 15 is 0 Å². The van der Waals surface area contributed by atoms with Crippen molar-refractivity contribution >= 4 is 41.7 Å². The number of rotatable bonds is 7. The number of methoxy groups -OCH3 is 2. The van der Waals surface area contributed by atoms with Crippen molar-refractivity contribution in [3.8, 4) is 11.5 Å². The summed E-state index contributed by atoms with van der Waals surface area (Å²) >= 11 is 1.84. The zero-order chi connectivity index (χ0) is 17.4. The third kappa shape index (κ3) is 6.58. The number of halogens is 1. The van der Waals surface area contributed by atoms with Crippen LogP contribution in [0.1, 0.15) is 18.1 Å². The quantitative estimate of drug-likeness (QED) is 0.379. The van der Waals surface area contributed by atoms with Gasteiger partial charge in [0.05, 0.1) is 14.2 Å². The lowest BCUT2D eigenvalue weighted by molar-refractivity contribution is 0.353. The molecule has 0 fully saturated rings. The second-order valence-corrected chi connectivity index (χ2v) is 6.74. The van der Waals surface area contributed by atoms with Gasteiger partial charge in [0.15, 0.2) is 17.5 Å². The molecular weight excluding hydrogens is 437 g/mol. The van der Waals surface area contributed by atoms with Crippen LogP contribution in [0.2, 0.25) is 0 Å². The normalized spacial score (nSPS) is 12.2. The molecule has 0 heterocycles. The van der Waals surface area contributed by atoms with Crippen LogP contribution < -0.4 is 14.8 Å². The molecule has 7 heteroatoms. The summed E-state index contributed by atoms with van der Waals surface area (Å²) in [7, 11) is 7.16. The van der Waals surface area contributed by atoms with Crippen LogP contribution in [-0.4, -0.2) is 57.2 Å². The molecule has 1 aromatic rings. The molecule has 0 saturated carbocycles. The fourth-order valence-corrected chi connectivity index (χ4v) is 2.48. The summed E-state index contributed by atoms with van der Waals surface area (Å²) in [5.41, 5.74) is 2.36. The molecule has 24 heavy (non-hydrogen) atoms. The van der Waals surface area contributed by atoms with Crippen LogP contribution >= 0.6 is 35.7 Å². The first-order chi connectivity index (χ1) is 11.0. The molecular formula is C17H30IN3O2S. The van der Waals surface area contributed by atoms with Crippen LogP contribution in [-0.2, 0) is 6.54 Å². The number of aryl methyl sites for hydroxylation is 1. The third-order valence-electron chi connectivity index (χ3n) is 3.77. The average Bonchev–Trinajstić information content (AvgIpc) is 2.56. The fourth-order valence-electron chi connectivity index (χ4n) is 2.23. The van der Waals surface area contributed by atoms with E-state index in [1.165, 1.54) is 11.1 Å². The molecule has 0 amide bonds. The molecule has 0 bridgehead atoms. The Morgan fingerprint density at radius 3 is 2.38 bits per heavy atom. The minimum absolute atomic E-state index is 0. The summed E-state index contributed by atoms with van der Waals surface area (Å²) < 4.78 is 10.7. The minimum Gasteiger partial charge on any atom is -0.493 e. The van der Waals surface area contributed by atoms with Crippen molar-refractivity contribution < 1.29 is 9.47 Å². The van der Waals surface area contributed by atoms with Gasteiger partial charge in [-0.2, -0.15) is 11.8 Å². The summed E-state index contributed by atoms with van der Waals surface area (Å²) in [5.74, 6) is 2.40. The van der Waals surface area contributed by atoms with Gasteiger partial charge < -0.3 is 19.7 Å². The number of hydrogen-bond donors (Lipinski definition) is 1. The van der Waals surface area contributed by atoms with Gasteiger partial charge in [-0.05, 0) is 36.4 Å². The van der Waals surface area contributed by atoms with Crippen molar-refractivity contribution in [2.45, 2.75) is 25.6 Å². The smallest absolute Gasteiger partial charge is 0.193 e. The Balaban J connectivity index is 0.00000529. The number of hydrogen-bond acceptors (Lipinski definition) is 4. The lowest BCUT2D eigenvalue weighted by Crippen LogP contribution is -2.40. The van der Waals surface area contributed by atoms with Crippen LogP contribution in [0.25, 0.3) is 0 Å². The molecule has 0 aliphatic rings. The van der Waals surface area contributed by atoms with E-state index in [0.29, 0.717) is 5.25 Å². The summed E-state index contributed by atoms with van der Waals surface area (Å²) in [4.78, 5) is 6.48. The van der Waals surface area contributed by atoms with Crippen molar-refractivity contribution in [2.24, 2.45) is 4.99 Å². The van der Waals surface area contributed by atoms with Gasteiger partial charge in [-0.25, -0.2) is 0 Å². The number of nitrogens with one attached hydrogen (secondary N) is 1. The highest BCUT2D eigenvalue weighted by molar-refractivity contribution is 14.0. The lowest BCUT2D eigenvalue weighted by atomic mass is 10.1. The summed E-state index contributed by atoms with van der Waals surface area (Å²) in [6.45, 7) is 5.92. The average molecular weight is 467 g/mol. The third-order valence-corrected chi connectivity index (χ3v) is 4.74. The highest BCUT2D eigenvalue weighted by atomic mass is 127. The number of aliphatic imine (C=N–C) groups is 1. The molecule has 1 rings (SSSR count). The van der Waals surface area contributed by atoms with Crippen LogP contribution in [0.4, 0.5) is 0 Å². The van der Waals surface area contributed by atoms with E-state index in [1.807, 2.05) is 38.0 Å². The molecule has 1 unspecified atom stereocenters. The van der Waals surface area contributed by atoms with Crippen LogP contribution in [0.5, 0.6) is 11.5 Å². The number of thioether (sulfide) groups is 1. The maximum absolute atomic E-state index is 5.40. The largest absolute Gasteiger partial charge is 0.493 e. The first kappa shape index (κ1) is 23.2. The van der Waals surface area contributed by atoms with Crippen molar-refractivity contribution in [3.05, 3.63) is 23.3 Å². The summed E-state index contributed by atoms with van der Waals surface area (Å²) in [5, 5.41) is 3.95. The molecule has 0 saturated heterocycles. The molecule has 5 nitrogen and oxygen atoms in total. The molecule has 1 aromatic carbocycles. The number of nitrogens with zero attached hydrogens (tertiary/aromatic N) is 2. The van der Waals surface area contributed by atoms with Gasteiger partial charge in [-0.3, -0.25) is 4.99 Å². The summed E-state index contributed by atoms with van der Waals surface area (Å²) in [6, 6.07) is 4.04. The number of ether oxygens (including phenoxy) is 2. The van der Waals surface area contributed by atoms with E-state index in [1.54, 1.807) is 14.2 Å². The zero-order valence-electron chi connectivity index (χ0n) is 15.7. The Morgan fingerprint density at radius 2 is 1.88 bits per heavy atom. The van der Waals surface area contributed by atoms with Gasteiger partial charge in [0.1, 0.15) is 0 Å². The van der Waals surface area contributed by atoms with E-state index in [4.69, 9.17) is 9.47 Å². The molecule has 0 spiro atoms. The Morgan fingerprint density at radius 1 is 1.29 bits per heavy atom. The Hall–Kier alpha value is -0.830. The van der Waals surface area contributed by atoms with Crippen molar-refractivity contribution in [2.75, 3.05) is 41.1 Å². The van der Waals surface area contributed by atoms with E-state index in [0.717, 1.165) is 30.5 Å². The predicted molar refractivity (Wildman–Crippen MR) is 116 cm³/mol. The topological polar surface area (TPSA) is 46.1 Å². The van der Waals surface area contributed by atoms with Crippen molar-refractivity contribution in [1.82, 2.24) is 10.2 Å². The Labute approximate surface area is 167 Å². The van der Waals surface area contributed by atoms with Gasteiger partial charge >= 0.3 is 0 Å². The van der Waals surface area contributed by atoms with Gasteiger partial charge in [0.25, 0.3) is 0 Å². The molecule has 0 aliphatic carbocycles. The molecule has 0 aliphatic heterocycles. The minimum atomic E-state index is 0. The van der Waals surface area contributed by atoms with Gasteiger partial charge in [-0.1, -0.05) is 6.92 Å². The SMILES string of the molecule is CN=C(NCC(C)SC)N(C)Cc1cc(OC)c(OC)cc1C.I. The van der Waals surface area contributed by atoms with Crippen LogP contribution in [0.15, 0.2) is 17.1 Å². The second-order valence-electron chi connectivity index (χ2n) is 5.46. The van der Waals surface area contributed by atoms with E-state index in [-0.39, 0.29) is 24.0 Å². The Bertz CT molecular complexity index is 541. The lowest BCUT2D eigenvalue weighted by Gasteiger charge is -2.24. The maximum Gasteiger partial charge on any atom is 0.193 e. The molecule has 0 aromatic heterocycles. The number of benzene rings is 1. The summed E-state index contributed by atoms with van der Waals surface area (Å²) in [6.07, 6.45) is 2.12. The first-order valence-corrected chi connectivity index (χ1v) is 8.91. The van der Waals surface area contributed by atoms with Crippen LogP contribution in [0.3, 0.4) is 0 Å². The molecule has 1 atom stereocenters. The first-order valence-electron chi connectivity index (χ1n) is 7.62. The van der Waals surface area contributed by atoms with E-state index in [9.17, 15) is 0 Å². The molecule has 138 valence electrons. The molecule has 1 N–H and O–H groups in total. The van der Waals surface area contributed by atoms with Gasteiger partial charge in [-0.15, -0.1) is 24.0 Å². The van der Waals surface area contributed by atoms with Crippen molar-refractivity contribution in [1.29, 1.82) is 0 Å². The maximum atomic E-state index is 5.40. The van der Waals surface area contributed by atoms with E-state index < -0.39 is 0 Å². The fraction of sp³-hybridized carbons (Fsp3) is 0.588. The highest BCUT2D eigenvalue weighted by Gasteiger charge is 2.13. The van der Waals surface area contributed by atoms with Crippen molar-refractivity contribution in [3.63, 3.8) is 0 Å². The van der Waals surface area contributed by atoms with Gasteiger partial charge in [0, 0.05) is 32.4 Å². The monoisotopic (exact) mass is 467 g/mol. The van der Waals surface area contributed by atoms with E-state index in [2.05, 4.69) is 35.3 Å². The zero-order valence-corrected chi connectivity index (χ0v) is 18.8. The molecule has 0 radical (unpaired) electrons. The predicted octanol–water partition coefficient (Wildman–Crippen LogP) is 3.39.